The van der Waals surface area contributed by atoms with Crippen LogP contribution in [0, 0.1) is 12.7 Å². The monoisotopic (exact) mass is 596 g/mol. The SMILES string of the molecule is COc1cc(-c2cccc(-c3cccc(Nc4nccc5nccnc45)c3C)c2Cl)cc(F)c1CN[C@H]1CCC(=O)NC1. The van der Waals surface area contributed by atoms with Crippen molar-refractivity contribution in [3.05, 3.63) is 95.2 Å². The van der Waals surface area contributed by atoms with Crippen molar-refractivity contribution in [3.8, 4) is 28.0 Å². The summed E-state index contributed by atoms with van der Waals surface area (Å²) < 4.78 is 21.1. The Kier molecular flexibility index (Phi) is 8.18. The molecule has 0 saturated carbocycles. The molecule has 218 valence electrons. The fourth-order valence-electron chi connectivity index (χ4n) is 5.42. The van der Waals surface area contributed by atoms with Crippen molar-refractivity contribution in [1.82, 2.24) is 25.6 Å². The first-order valence-electron chi connectivity index (χ1n) is 14.0. The summed E-state index contributed by atoms with van der Waals surface area (Å²) in [6.07, 6.45) is 6.15. The van der Waals surface area contributed by atoms with E-state index in [1.807, 2.05) is 55.5 Å². The van der Waals surface area contributed by atoms with Crippen LogP contribution >= 0.6 is 11.6 Å². The molecule has 5 aromatic rings. The number of piperidine rings is 1. The average Bonchev–Trinajstić information content (AvgIpc) is 3.02. The number of rotatable bonds is 8. The highest BCUT2D eigenvalue weighted by Crippen LogP contribution is 2.41. The van der Waals surface area contributed by atoms with Crippen molar-refractivity contribution in [1.29, 1.82) is 0 Å². The minimum Gasteiger partial charge on any atom is -0.496 e. The zero-order valence-electron chi connectivity index (χ0n) is 23.7. The van der Waals surface area contributed by atoms with Crippen LogP contribution in [-0.4, -0.2) is 40.6 Å². The summed E-state index contributed by atoms with van der Waals surface area (Å²) in [7, 11) is 1.53. The second kappa shape index (κ2) is 12.3. The Balaban J connectivity index is 1.30. The Morgan fingerprint density at radius 2 is 1.81 bits per heavy atom. The van der Waals surface area contributed by atoms with Crippen molar-refractivity contribution in [2.75, 3.05) is 19.0 Å². The Labute approximate surface area is 253 Å². The highest BCUT2D eigenvalue weighted by molar-refractivity contribution is 6.36. The van der Waals surface area contributed by atoms with E-state index in [1.165, 1.54) is 13.2 Å². The number of ether oxygens (including phenoxy) is 1. The molecule has 8 nitrogen and oxygen atoms in total. The number of hydrogen-bond acceptors (Lipinski definition) is 7. The molecule has 1 amide bonds. The van der Waals surface area contributed by atoms with E-state index in [9.17, 15) is 4.79 Å². The largest absolute Gasteiger partial charge is 0.496 e. The van der Waals surface area contributed by atoms with Gasteiger partial charge >= 0.3 is 0 Å². The number of amides is 1. The zero-order valence-corrected chi connectivity index (χ0v) is 24.5. The molecule has 3 aromatic carbocycles. The van der Waals surface area contributed by atoms with Crippen LogP contribution in [0.25, 0.3) is 33.3 Å². The molecule has 43 heavy (non-hydrogen) atoms. The van der Waals surface area contributed by atoms with Crippen molar-refractivity contribution in [3.63, 3.8) is 0 Å². The van der Waals surface area contributed by atoms with Gasteiger partial charge in [0, 0.05) is 66.5 Å². The summed E-state index contributed by atoms with van der Waals surface area (Å²) in [6.45, 7) is 2.81. The van der Waals surface area contributed by atoms with Crippen LogP contribution in [0.4, 0.5) is 15.9 Å². The molecule has 10 heteroatoms. The first-order valence-corrected chi connectivity index (χ1v) is 14.4. The fraction of sp³-hybridized carbons (Fsp3) is 0.212. The third-order valence-corrected chi connectivity index (χ3v) is 8.19. The number of pyridine rings is 1. The highest BCUT2D eigenvalue weighted by atomic mass is 35.5. The Morgan fingerprint density at radius 1 is 1.02 bits per heavy atom. The van der Waals surface area contributed by atoms with E-state index < -0.39 is 5.82 Å². The number of halogens is 2. The van der Waals surface area contributed by atoms with Crippen molar-refractivity contribution >= 4 is 40.0 Å². The maximum absolute atomic E-state index is 15.5. The number of carbonyl (C=O) groups excluding carboxylic acids is 1. The van der Waals surface area contributed by atoms with E-state index in [4.69, 9.17) is 16.3 Å². The summed E-state index contributed by atoms with van der Waals surface area (Å²) in [5.41, 5.74) is 6.71. The summed E-state index contributed by atoms with van der Waals surface area (Å²) in [5, 5.41) is 10.1. The molecule has 1 fully saturated rings. The van der Waals surface area contributed by atoms with Crippen LogP contribution in [0.15, 0.2) is 73.2 Å². The first kappa shape index (κ1) is 28.5. The molecule has 0 unspecified atom stereocenters. The molecule has 6 rings (SSSR count). The number of methoxy groups -OCH3 is 1. The Bertz CT molecular complexity index is 1820. The quantitative estimate of drug-likeness (QED) is 0.186. The molecule has 0 spiro atoms. The van der Waals surface area contributed by atoms with Gasteiger partial charge in [0.15, 0.2) is 5.82 Å². The standard InChI is InChI=1S/C33H30ClFN6O2/c1-19-22(5-4-8-27(19)41-33-32-28(11-12-38-33)36-13-14-37-32)24-7-3-6-23(31(24)34)20-15-26(35)25(29(16-20)43-2)18-39-21-9-10-30(42)40-17-21/h3-8,11-16,21,39H,9-10,17-18H2,1-2H3,(H,38,41)(H,40,42)/t21-/m0/s1. The number of hydrogen-bond donors (Lipinski definition) is 3. The van der Waals surface area contributed by atoms with E-state index in [0.29, 0.717) is 58.2 Å². The molecular formula is C33H30ClFN6O2. The first-order chi connectivity index (χ1) is 20.9. The molecule has 3 heterocycles. The summed E-state index contributed by atoms with van der Waals surface area (Å²) in [4.78, 5) is 24.8. The van der Waals surface area contributed by atoms with Gasteiger partial charge in [-0.05, 0) is 54.3 Å². The lowest BCUT2D eigenvalue weighted by Gasteiger charge is -2.24. The number of anilines is 2. The second-order valence-electron chi connectivity index (χ2n) is 10.4. The molecule has 1 aliphatic heterocycles. The second-order valence-corrected chi connectivity index (χ2v) is 10.8. The molecule has 0 radical (unpaired) electrons. The minimum atomic E-state index is -0.392. The van der Waals surface area contributed by atoms with Gasteiger partial charge in [0.25, 0.3) is 0 Å². The third-order valence-electron chi connectivity index (χ3n) is 7.78. The number of nitrogens with zero attached hydrogens (tertiary/aromatic N) is 3. The van der Waals surface area contributed by atoms with E-state index in [-0.39, 0.29) is 18.5 Å². The number of fused-ring (bicyclic) bond motifs is 1. The number of aromatic nitrogens is 3. The minimum absolute atomic E-state index is 0.0418. The van der Waals surface area contributed by atoms with Crippen molar-refractivity contribution in [2.45, 2.75) is 32.4 Å². The number of benzene rings is 3. The summed E-state index contributed by atoms with van der Waals surface area (Å²) >= 11 is 7.04. The lowest BCUT2D eigenvalue weighted by molar-refractivity contribution is -0.122. The fourth-order valence-corrected chi connectivity index (χ4v) is 5.75. The maximum Gasteiger partial charge on any atom is 0.220 e. The summed E-state index contributed by atoms with van der Waals surface area (Å²) in [6, 6.07) is 16.9. The van der Waals surface area contributed by atoms with Gasteiger partial charge in [-0.3, -0.25) is 9.78 Å². The van der Waals surface area contributed by atoms with Crippen LogP contribution in [0.3, 0.4) is 0 Å². The molecule has 1 aliphatic rings. The van der Waals surface area contributed by atoms with Gasteiger partial charge in [0.1, 0.15) is 17.1 Å². The summed E-state index contributed by atoms with van der Waals surface area (Å²) in [5.74, 6) is 0.685. The van der Waals surface area contributed by atoms with Gasteiger partial charge in [0.05, 0.1) is 17.6 Å². The van der Waals surface area contributed by atoms with E-state index in [0.717, 1.165) is 27.9 Å². The topological polar surface area (TPSA) is 101 Å². The predicted molar refractivity (Wildman–Crippen MR) is 167 cm³/mol. The maximum atomic E-state index is 15.5. The van der Waals surface area contributed by atoms with Gasteiger partial charge in [-0.15, -0.1) is 0 Å². The van der Waals surface area contributed by atoms with E-state index in [2.05, 4.69) is 30.9 Å². The van der Waals surface area contributed by atoms with Gasteiger partial charge in [0.2, 0.25) is 5.91 Å². The van der Waals surface area contributed by atoms with Gasteiger partial charge < -0.3 is 20.7 Å². The van der Waals surface area contributed by atoms with E-state index in [1.54, 1.807) is 18.6 Å². The van der Waals surface area contributed by atoms with Crippen LogP contribution in [-0.2, 0) is 11.3 Å². The Morgan fingerprint density at radius 3 is 2.63 bits per heavy atom. The molecule has 1 atom stereocenters. The number of carbonyl (C=O) groups is 1. The lowest BCUT2D eigenvalue weighted by atomic mass is 9.94. The van der Waals surface area contributed by atoms with Gasteiger partial charge in [-0.1, -0.05) is 41.9 Å². The zero-order chi connectivity index (χ0) is 29.9. The molecule has 2 aromatic heterocycles. The van der Waals surface area contributed by atoms with Crippen LogP contribution in [0.1, 0.15) is 24.0 Å². The lowest BCUT2D eigenvalue weighted by Crippen LogP contribution is -2.45. The predicted octanol–water partition coefficient (Wildman–Crippen LogP) is 6.58. The normalized spacial score (nSPS) is 14.9. The van der Waals surface area contributed by atoms with Gasteiger partial charge in [-0.25, -0.2) is 14.4 Å². The average molecular weight is 597 g/mol. The molecule has 1 saturated heterocycles. The third kappa shape index (κ3) is 5.86. The van der Waals surface area contributed by atoms with Crippen molar-refractivity contribution in [2.24, 2.45) is 0 Å². The van der Waals surface area contributed by atoms with Gasteiger partial charge in [-0.2, -0.15) is 0 Å². The number of nitrogens with one attached hydrogen (secondary N) is 3. The molecule has 0 bridgehead atoms. The molecular weight excluding hydrogens is 567 g/mol. The van der Waals surface area contributed by atoms with Crippen LogP contribution < -0.4 is 20.7 Å². The van der Waals surface area contributed by atoms with Crippen LogP contribution in [0.2, 0.25) is 5.02 Å². The van der Waals surface area contributed by atoms with E-state index >= 15 is 4.39 Å². The smallest absolute Gasteiger partial charge is 0.220 e. The molecule has 3 N–H and O–H groups in total. The Hall–Kier alpha value is -4.60. The van der Waals surface area contributed by atoms with Crippen LogP contribution in [0.5, 0.6) is 5.75 Å². The van der Waals surface area contributed by atoms with Crippen molar-refractivity contribution < 1.29 is 13.9 Å². The molecule has 0 aliphatic carbocycles. The highest BCUT2D eigenvalue weighted by Gasteiger charge is 2.21.